The van der Waals surface area contributed by atoms with Gasteiger partial charge in [0.15, 0.2) is 0 Å². The average Bonchev–Trinajstić information content (AvgIpc) is 2.44. The van der Waals surface area contributed by atoms with Crippen molar-refractivity contribution in [2.24, 2.45) is 0 Å². The van der Waals surface area contributed by atoms with E-state index in [1.807, 2.05) is 31.2 Å². The molecule has 2 aromatic rings. The van der Waals surface area contributed by atoms with Crippen molar-refractivity contribution in [2.45, 2.75) is 20.4 Å². The highest BCUT2D eigenvalue weighted by Gasteiger charge is 2.17. The summed E-state index contributed by atoms with van der Waals surface area (Å²) in [7, 11) is 0. The van der Waals surface area contributed by atoms with Crippen LogP contribution in [-0.2, 0) is 6.54 Å². The molecule has 0 aliphatic carbocycles. The summed E-state index contributed by atoms with van der Waals surface area (Å²) in [4.78, 5) is 23.8. The summed E-state index contributed by atoms with van der Waals surface area (Å²) in [5.74, 6) is 0.225. The topological polar surface area (TPSA) is 48.3 Å². The first-order valence-corrected chi connectivity index (χ1v) is 7.02. The van der Waals surface area contributed by atoms with E-state index in [2.05, 4.69) is 0 Å². The fourth-order valence-electron chi connectivity index (χ4n) is 2.03. The van der Waals surface area contributed by atoms with E-state index in [9.17, 15) is 9.59 Å². The SMILES string of the molecule is CCOc1ccn(Cc2ccc(C)cc2)c(=O)c1C(=O)Cl. The summed E-state index contributed by atoms with van der Waals surface area (Å²) in [5, 5.41) is -0.804. The van der Waals surface area contributed by atoms with Crippen LogP contribution in [0.25, 0.3) is 0 Å². The predicted molar refractivity (Wildman–Crippen MR) is 82.3 cm³/mol. The molecule has 0 atom stereocenters. The molecule has 0 spiro atoms. The number of carbonyl (C=O) groups excluding carboxylic acids is 1. The fourth-order valence-corrected chi connectivity index (χ4v) is 2.20. The summed E-state index contributed by atoms with van der Waals surface area (Å²) in [6, 6.07) is 9.43. The van der Waals surface area contributed by atoms with Crippen LogP contribution in [0.3, 0.4) is 0 Å². The van der Waals surface area contributed by atoms with Gasteiger partial charge in [0.2, 0.25) is 0 Å². The quantitative estimate of drug-likeness (QED) is 0.798. The summed E-state index contributed by atoms with van der Waals surface area (Å²) in [6.45, 7) is 4.51. The maximum absolute atomic E-state index is 12.4. The van der Waals surface area contributed by atoms with Gasteiger partial charge in [0, 0.05) is 6.20 Å². The van der Waals surface area contributed by atoms with Crippen molar-refractivity contribution in [1.82, 2.24) is 4.57 Å². The Morgan fingerprint density at radius 2 is 1.90 bits per heavy atom. The highest BCUT2D eigenvalue weighted by molar-refractivity contribution is 6.68. The molecule has 0 unspecified atom stereocenters. The molecular formula is C16H16ClNO3. The highest BCUT2D eigenvalue weighted by atomic mass is 35.5. The Kier molecular flexibility index (Phi) is 4.81. The van der Waals surface area contributed by atoms with Crippen LogP contribution in [0.15, 0.2) is 41.3 Å². The maximum atomic E-state index is 12.4. The normalized spacial score (nSPS) is 10.4. The molecule has 0 amide bonds. The van der Waals surface area contributed by atoms with Crippen molar-refractivity contribution >= 4 is 16.8 Å². The van der Waals surface area contributed by atoms with Crippen molar-refractivity contribution in [2.75, 3.05) is 6.61 Å². The van der Waals surface area contributed by atoms with E-state index < -0.39 is 10.8 Å². The number of aryl methyl sites for hydroxylation is 1. The summed E-state index contributed by atoms with van der Waals surface area (Å²) in [5.41, 5.74) is 1.56. The largest absolute Gasteiger partial charge is 0.493 e. The third-order valence-electron chi connectivity index (χ3n) is 3.10. The minimum Gasteiger partial charge on any atom is -0.493 e. The van der Waals surface area contributed by atoms with E-state index in [4.69, 9.17) is 16.3 Å². The minimum atomic E-state index is -0.804. The van der Waals surface area contributed by atoms with Crippen LogP contribution >= 0.6 is 11.6 Å². The van der Waals surface area contributed by atoms with E-state index in [-0.39, 0.29) is 11.3 Å². The molecular weight excluding hydrogens is 290 g/mol. The second-order valence-electron chi connectivity index (χ2n) is 4.68. The van der Waals surface area contributed by atoms with Crippen molar-refractivity contribution in [3.8, 4) is 5.75 Å². The number of ether oxygens (including phenoxy) is 1. The molecule has 0 saturated carbocycles. The first-order chi connectivity index (χ1) is 10.0. The van der Waals surface area contributed by atoms with Gasteiger partial charge in [-0.25, -0.2) is 0 Å². The van der Waals surface area contributed by atoms with E-state index in [1.54, 1.807) is 19.2 Å². The van der Waals surface area contributed by atoms with Gasteiger partial charge < -0.3 is 9.30 Å². The van der Waals surface area contributed by atoms with Gasteiger partial charge in [-0.05, 0) is 37.1 Å². The third kappa shape index (κ3) is 3.52. The summed E-state index contributed by atoms with van der Waals surface area (Å²) in [6.07, 6.45) is 1.61. The van der Waals surface area contributed by atoms with Gasteiger partial charge in [-0.2, -0.15) is 0 Å². The van der Waals surface area contributed by atoms with Gasteiger partial charge in [-0.15, -0.1) is 0 Å². The second kappa shape index (κ2) is 6.59. The summed E-state index contributed by atoms with van der Waals surface area (Å²) < 4.78 is 6.73. The molecule has 110 valence electrons. The van der Waals surface area contributed by atoms with E-state index in [0.717, 1.165) is 11.1 Å². The molecule has 0 radical (unpaired) electrons. The molecule has 0 aliphatic rings. The lowest BCUT2D eigenvalue weighted by molar-refractivity contribution is 0.107. The molecule has 0 aliphatic heterocycles. The molecule has 1 heterocycles. The average molecular weight is 306 g/mol. The second-order valence-corrected chi connectivity index (χ2v) is 5.02. The van der Waals surface area contributed by atoms with Gasteiger partial charge in [0.25, 0.3) is 10.8 Å². The molecule has 2 rings (SSSR count). The zero-order chi connectivity index (χ0) is 15.4. The van der Waals surface area contributed by atoms with Crippen LogP contribution in [0.1, 0.15) is 28.4 Å². The number of hydrogen-bond donors (Lipinski definition) is 0. The van der Waals surface area contributed by atoms with E-state index in [0.29, 0.717) is 13.2 Å². The molecule has 0 N–H and O–H groups in total. The van der Waals surface area contributed by atoms with Crippen molar-refractivity contribution in [1.29, 1.82) is 0 Å². The minimum absolute atomic E-state index is 0.117. The fraction of sp³-hybridized carbons (Fsp3) is 0.250. The zero-order valence-electron chi connectivity index (χ0n) is 11.9. The van der Waals surface area contributed by atoms with Crippen LogP contribution in [-0.4, -0.2) is 16.4 Å². The van der Waals surface area contributed by atoms with Gasteiger partial charge in [-0.1, -0.05) is 29.8 Å². The van der Waals surface area contributed by atoms with Crippen LogP contribution in [0.2, 0.25) is 0 Å². The zero-order valence-corrected chi connectivity index (χ0v) is 12.7. The lowest BCUT2D eigenvalue weighted by atomic mass is 10.1. The van der Waals surface area contributed by atoms with Gasteiger partial charge in [0.05, 0.1) is 13.2 Å². The Labute approximate surface area is 127 Å². The number of hydrogen-bond acceptors (Lipinski definition) is 3. The molecule has 0 saturated heterocycles. The lowest BCUT2D eigenvalue weighted by Gasteiger charge is -2.11. The first kappa shape index (κ1) is 15.3. The Balaban J connectivity index is 2.41. The smallest absolute Gasteiger partial charge is 0.266 e. The maximum Gasteiger partial charge on any atom is 0.266 e. The third-order valence-corrected chi connectivity index (χ3v) is 3.29. The number of nitrogens with zero attached hydrogens (tertiary/aromatic N) is 1. The monoisotopic (exact) mass is 305 g/mol. The van der Waals surface area contributed by atoms with Gasteiger partial charge >= 0.3 is 0 Å². The molecule has 5 heteroatoms. The van der Waals surface area contributed by atoms with Crippen LogP contribution < -0.4 is 10.3 Å². The number of pyridine rings is 1. The number of carbonyl (C=O) groups is 1. The van der Waals surface area contributed by atoms with Gasteiger partial charge in [-0.3, -0.25) is 9.59 Å². The summed E-state index contributed by atoms with van der Waals surface area (Å²) >= 11 is 5.51. The number of rotatable bonds is 5. The molecule has 0 bridgehead atoms. The standard InChI is InChI=1S/C16H16ClNO3/c1-3-21-13-8-9-18(16(20)14(13)15(17)19)10-12-6-4-11(2)5-7-12/h4-9H,3,10H2,1-2H3. The Morgan fingerprint density at radius 1 is 1.24 bits per heavy atom. The Bertz CT molecular complexity index is 704. The van der Waals surface area contributed by atoms with Crippen LogP contribution in [0.5, 0.6) is 5.75 Å². The molecule has 4 nitrogen and oxygen atoms in total. The molecule has 1 aromatic carbocycles. The Morgan fingerprint density at radius 3 is 2.48 bits per heavy atom. The number of benzene rings is 1. The van der Waals surface area contributed by atoms with Crippen molar-refractivity contribution in [3.63, 3.8) is 0 Å². The van der Waals surface area contributed by atoms with E-state index >= 15 is 0 Å². The Hall–Kier alpha value is -2.07. The lowest BCUT2D eigenvalue weighted by Crippen LogP contribution is -2.26. The van der Waals surface area contributed by atoms with Gasteiger partial charge in [0.1, 0.15) is 11.3 Å². The predicted octanol–water partition coefficient (Wildman–Crippen LogP) is 2.98. The van der Waals surface area contributed by atoms with Crippen molar-refractivity contribution < 1.29 is 9.53 Å². The molecule has 0 fully saturated rings. The first-order valence-electron chi connectivity index (χ1n) is 6.64. The number of halogens is 1. The molecule has 21 heavy (non-hydrogen) atoms. The van der Waals surface area contributed by atoms with Crippen molar-refractivity contribution in [3.05, 3.63) is 63.6 Å². The van der Waals surface area contributed by atoms with Crippen LogP contribution in [0.4, 0.5) is 0 Å². The molecule has 1 aromatic heterocycles. The number of aromatic nitrogens is 1. The highest BCUT2D eigenvalue weighted by Crippen LogP contribution is 2.17. The van der Waals surface area contributed by atoms with E-state index in [1.165, 1.54) is 4.57 Å². The van der Waals surface area contributed by atoms with Crippen LogP contribution in [0, 0.1) is 6.92 Å².